The predicted octanol–water partition coefficient (Wildman–Crippen LogP) is 5.84. The quantitative estimate of drug-likeness (QED) is 0.446. The number of amides is 1. The Hall–Kier alpha value is -2.37. The van der Waals surface area contributed by atoms with Crippen LogP contribution in [0.15, 0.2) is 46.9 Å². The molecule has 1 atom stereocenters. The van der Waals surface area contributed by atoms with Gasteiger partial charge < -0.3 is 9.32 Å². The molecule has 2 heterocycles. The van der Waals surface area contributed by atoms with Crippen LogP contribution in [0.4, 0.5) is 0 Å². The van der Waals surface area contributed by atoms with Crippen molar-refractivity contribution >= 4 is 50.0 Å². The highest BCUT2D eigenvalue weighted by molar-refractivity contribution is 7.18. The molecule has 4 aromatic rings. The summed E-state index contributed by atoms with van der Waals surface area (Å²) in [5.74, 6) is 0.180. The number of nitrogens with zero attached hydrogens (tertiary/aromatic N) is 2. The molecule has 0 aliphatic rings. The van der Waals surface area contributed by atoms with Gasteiger partial charge in [-0.05, 0) is 44.2 Å². The Morgan fingerprint density at radius 1 is 1.27 bits per heavy atom. The maximum absolute atomic E-state index is 13.0. The van der Waals surface area contributed by atoms with Crippen molar-refractivity contribution in [2.75, 3.05) is 7.05 Å². The number of aromatic nitrogens is 1. The fourth-order valence-electron chi connectivity index (χ4n) is 2.97. The molecule has 0 unspecified atom stereocenters. The lowest BCUT2D eigenvalue weighted by atomic mass is 10.1. The summed E-state index contributed by atoms with van der Waals surface area (Å²) >= 11 is 7.67. The Labute approximate surface area is 160 Å². The monoisotopic (exact) mass is 384 g/mol. The van der Waals surface area contributed by atoms with E-state index in [0.29, 0.717) is 16.4 Å². The van der Waals surface area contributed by atoms with E-state index in [2.05, 4.69) is 4.98 Å². The first-order valence-electron chi connectivity index (χ1n) is 8.27. The van der Waals surface area contributed by atoms with Crippen LogP contribution in [0.25, 0.3) is 21.2 Å². The molecule has 0 bridgehead atoms. The zero-order valence-electron chi connectivity index (χ0n) is 14.6. The third kappa shape index (κ3) is 2.77. The number of aryl methyl sites for hydroxylation is 1. The lowest BCUT2D eigenvalue weighted by molar-refractivity contribution is 0.0711. The number of fused-ring (bicyclic) bond motifs is 2. The van der Waals surface area contributed by atoms with Crippen LogP contribution >= 0.6 is 22.9 Å². The molecule has 4 nitrogen and oxygen atoms in total. The maximum Gasteiger partial charge on any atom is 0.290 e. The minimum Gasteiger partial charge on any atom is -0.451 e. The Morgan fingerprint density at radius 3 is 2.81 bits per heavy atom. The second-order valence-corrected chi connectivity index (χ2v) is 7.81. The number of thiazole rings is 1. The second kappa shape index (κ2) is 6.41. The lowest BCUT2D eigenvalue weighted by Crippen LogP contribution is -2.29. The zero-order chi connectivity index (χ0) is 18.4. The minimum absolute atomic E-state index is 0.156. The van der Waals surface area contributed by atoms with E-state index >= 15 is 0 Å². The minimum atomic E-state index is -0.165. The SMILES string of the molecule is Cc1c(C(=O)N(C)[C@H](C)c2nc3ccccc3s2)oc2ccc(Cl)cc12. The first-order chi connectivity index (χ1) is 12.5. The number of hydrogen-bond donors (Lipinski definition) is 0. The van der Waals surface area contributed by atoms with Gasteiger partial charge in [0.15, 0.2) is 5.76 Å². The average molecular weight is 385 g/mol. The number of para-hydroxylation sites is 1. The summed E-state index contributed by atoms with van der Waals surface area (Å²) in [6, 6.07) is 13.2. The van der Waals surface area contributed by atoms with Crippen LogP contribution < -0.4 is 0 Å². The van der Waals surface area contributed by atoms with Gasteiger partial charge in [0.25, 0.3) is 5.91 Å². The van der Waals surface area contributed by atoms with Crippen molar-refractivity contribution in [1.29, 1.82) is 0 Å². The fraction of sp³-hybridized carbons (Fsp3) is 0.200. The van der Waals surface area contributed by atoms with E-state index in [1.165, 1.54) is 0 Å². The molecule has 0 radical (unpaired) electrons. The summed E-state index contributed by atoms with van der Waals surface area (Å²) in [6.07, 6.45) is 0. The molecule has 2 aromatic heterocycles. The van der Waals surface area contributed by atoms with Crippen LogP contribution in [0.1, 0.15) is 34.1 Å². The largest absolute Gasteiger partial charge is 0.451 e. The molecule has 2 aromatic carbocycles. The van der Waals surface area contributed by atoms with Crippen LogP contribution in [-0.2, 0) is 0 Å². The number of halogens is 1. The average Bonchev–Trinajstić information content (AvgIpc) is 3.21. The Bertz CT molecular complexity index is 1100. The maximum atomic E-state index is 13.0. The normalized spacial score (nSPS) is 12.6. The molecule has 4 rings (SSSR count). The third-order valence-corrected chi connectivity index (χ3v) is 6.10. The molecule has 26 heavy (non-hydrogen) atoms. The molecule has 6 heteroatoms. The van der Waals surface area contributed by atoms with E-state index in [-0.39, 0.29) is 11.9 Å². The molecular formula is C20H17ClN2O2S. The van der Waals surface area contributed by atoms with Gasteiger partial charge in [-0.3, -0.25) is 4.79 Å². The molecule has 0 N–H and O–H groups in total. The number of hydrogen-bond acceptors (Lipinski definition) is 4. The number of rotatable bonds is 3. The van der Waals surface area contributed by atoms with Crippen molar-refractivity contribution < 1.29 is 9.21 Å². The number of benzene rings is 2. The van der Waals surface area contributed by atoms with Crippen LogP contribution in [-0.4, -0.2) is 22.8 Å². The van der Waals surface area contributed by atoms with E-state index in [1.54, 1.807) is 35.4 Å². The number of carbonyl (C=O) groups is 1. The zero-order valence-corrected chi connectivity index (χ0v) is 16.2. The highest BCUT2D eigenvalue weighted by Gasteiger charge is 2.26. The summed E-state index contributed by atoms with van der Waals surface area (Å²) in [7, 11) is 1.78. The van der Waals surface area contributed by atoms with Gasteiger partial charge in [0, 0.05) is 23.0 Å². The van der Waals surface area contributed by atoms with Crippen molar-refractivity contribution in [3.05, 3.63) is 63.8 Å². The molecule has 0 aliphatic carbocycles. The fourth-order valence-corrected chi connectivity index (χ4v) is 4.20. The molecule has 0 saturated carbocycles. The molecule has 1 amide bonds. The van der Waals surface area contributed by atoms with Crippen molar-refractivity contribution in [3.8, 4) is 0 Å². The first-order valence-corrected chi connectivity index (χ1v) is 9.46. The third-order valence-electron chi connectivity index (χ3n) is 4.66. The van der Waals surface area contributed by atoms with Crippen LogP contribution in [0.2, 0.25) is 5.02 Å². The van der Waals surface area contributed by atoms with E-state index < -0.39 is 0 Å². The van der Waals surface area contributed by atoms with Crippen molar-refractivity contribution in [3.63, 3.8) is 0 Å². The van der Waals surface area contributed by atoms with Gasteiger partial charge in [0.2, 0.25) is 0 Å². The van der Waals surface area contributed by atoms with Gasteiger partial charge in [0.05, 0.1) is 16.3 Å². The standard InChI is InChI=1S/C20H17ClN2O2S/c1-11-14-10-13(21)8-9-16(14)25-18(11)20(24)23(3)12(2)19-22-15-6-4-5-7-17(15)26-19/h4-10,12H,1-3H3/t12-/m1/s1. The molecular weight excluding hydrogens is 368 g/mol. The van der Waals surface area contributed by atoms with Gasteiger partial charge in [0.1, 0.15) is 10.6 Å². The number of carbonyl (C=O) groups excluding carboxylic acids is 1. The number of furan rings is 1. The first kappa shape index (κ1) is 17.1. The van der Waals surface area contributed by atoms with Gasteiger partial charge >= 0.3 is 0 Å². The van der Waals surface area contributed by atoms with E-state index in [4.69, 9.17) is 16.0 Å². The Morgan fingerprint density at radius 2 is 2.04 bits per heavy atom. The van der Waals surface area contributed by atoms with E-state index in [1.807, 2.05) is 44.2 Å². The molecule has 0 spiro atoms. The van der Waals surface area contributed by atoms with Gasteiger partial charge in [-0.1, -0.05) is 23.7 Å². The van der Waals surface area contributed by atoms with Gasteiger partial charge in [-0.25, -0.2) is 4.98 Å². The molecule has 0 saturated heterocycles. The van der Waals surface area contributed by atoms with Crippen LogP contribution in [0, 0.1) is 6.92 Å². The Balaban J connectivity index is 1.68. The van der Waals surface area contributed by atoms with Crippen LogP contribution in [0.5, 0.6) is 0 Å². The summed E-state index contributed by atoms with van der Waals surface area (Å²) in [6.45, 7) is 3.86. The van der Waals surface area contributed by atoms with Crippen LogP contribution in [0.3, 0.4) is 0 Å². The topological polar surface area (TPSA) is 46.3 Å². The smallest absolute Gasteiger partial charge is 0.290 e. The van der Waals surface area contributed by atoms with E-state index in [9.17, 15) is 4.79 Å². The lowest BCUT2D eigenvalue weighted by Gasteiger charge is -2.22. The van der Waals surface area contributed by atoms with Gasteiger partial charge in [-0.2, -0.15) is 0 Å². The Kier molecular flexibility index (Phi) is 4.21. The summed E-state index contributed by atoms with van der Waals surface area (Å²) in [4.78, 5) is 19.4. The highest BCUT2D eigenvalue weighted by Crippen LogP contribution is 2.32. The summed E-state index contributed by atoms with van der Waals surface area (Å²) < 4.78 is 6.93. The van der Waals surface area contributed by atoms with Crippen molar-refractivity contribution in [1.82, 2.24) is 9.88 Å². The molecule has 0 aliphatic heterocycles. The predicted molar refractivity (Wildman–Crippen MR) is 106 cm³/mol. The second-order valence-electron chi connectivity index (χ2n) is 6.31. The van der Waals surface area contributed by atoms with E-state index in [0.717, 1.165) is 26.2 Å². The van der Waals surface area contributed by atoms with Crippen molar-refractivity contribution in [2.24, 2.45) is 0 Å². The molecule has 132 valence electrons. The van der Waals surface area contributed by atoms with Gasteiger partial charge in [-0.15, -0.1) is 11.3 Å². The summed E-state index contributed by atoms with van der Waals surface area (Å²) in [5, 5.41) is 2.39. The molecule has 0 fully saturated rings. The van der Waals surface area contributed by atoms with Crippen molar-refractivity contribution in [2.45, 2.75) is 19.9 Å². The summed E-state index contributed by atoms with van der Waals surface area (Å²) in [5.41, 5.74) is 2.42. The highest BCUT2D eigenvalue weighted by atomic mass is 35.5.